The molecule has 0 aliphatic rings. The van der Waals surface area contributed by atoms with E-state index in [4.69, 9.17) is 0 Å². The largest absolute Gasteiger partial charge is 0.452 e. The maximum atomic E-state index is 13.8. The number of esters is 1. The standard InChI is InChI=1S/C16H14F2N2O5S/c1-19-26(23,24)10-6-7-12(17)11(8-10)16(22)25-9-15(21)20-14-5-3-2-4-13(14)18/h2-8,19H,9H2,1H3,(H,20,21). The molecule has 26 heavy (non-hydrogen) atoms. The molecule has 0 aliphatic carbocycles. The number of sulfonamides is 1. The van der Waals surface area contributed by atoms with E-state index in [1.54, 1.807) is 0 Å². The lowest BCUT2D eigenvalue weighted by atomic mass is 10.2. The number of rotatable bonds is 6. The number of para-hydroxylation sites is 1. The van der Waals surface area contributed by atoms with E-state index in [2.05, 4.69) is 10.1 Å². The Hall–Kier alpha value is -2.85. The number of anilines is 1. The molecule has 0 radical (unpaired) electrons. The van der Waals surface area contributed by atoms with Gasteiger partial charge in [0, 0.05) is 0 Å². The Morgan fingerprint density at radius 1 is 1.08 bits per heavy atom. The van der Waals surface area contributed by atoms with Gasteiger partial charge in [0.05, 0.1) is 16.1 Å². The number of halogens is 2. The third-order valence-electron chi connectivity index (χ3n) is 3.22. The minimum absolute atomic E-state index is 0.109. The van der Waals surface area contributed by atoms with Crippen molar-refractivity contribution >= 4 is 27.6 Å². The molecule has 0 saturated carbocycles. The molecule has 2 aromatic carbocycles. The van der Waals surface area contributed by atoms with E-state index < -0.39 is 45.7 Å². The lowest BCUT2D eigenvalue weighted by Crippen LogP contribution is -2.22. The maximum Gasteiger partial charge on any atom is 0.341 e. The van der Waals surface area contributed by atoms with Gasteiger partial charge in [-0.3, -0.25) is 4.79 Å². The summed E-state index contributed by atoms with van der Waals surface area (Å²) in [7, 11) is -2.74. The van der Waals surface area contributed by atoms with Gasteiger partial charge in [0.25, 0.3) is 5.91 Å². The molecule has 0 aliphatic heterocycles. The second-order valence-electron chi connectivity index (χ2n) is 4.95. The minimum atomic E-state index is -3.89. The molecule has 1 amide bonds. The predicted molar refractivity (Wildman–Crippen MR) is 88.0 cm³/mol. The second kappa shape index (κ2) is 8.02. The average molecular weight is 384 g/mol. The van der Waals surface area contributed by atoms with Crippen LogP contribution in [-0.4, -0.2) is 33.9 Å². The van der Waals surface area contributed by atoms with Crippen molar-refractivity contribution < 1.29 is 31.5 Å². The molecule has 2 rings (SSSR count). The van der Waals surface area contributed by atoms with Gasteiger partial charge in [-0.25, -0.2) is 26.7 Å². The number of nitrogens with one attached hydrogen (secondary N) is 2. The summed E-state index contributed by atoms with van der Waals surface area (Å²) in [4.78, 5) is 23.3. The maximum absolute atomic E-state index is 13.8. The fourth-order valence-electron chi connectivity index (χ4n) is 1.90. The van der Waals surface area contributed by atoms with Crippen LogP contribution in [0.2, 0.25) is 0 Å². The summed E-state index contributed by atoms with van der Waals surface area (Å²) in [6, 6.07) is 7.92. The van der Waals surface area contributed by atoms with Crippen LogP contribution in [-0.2, 0) is 19.6 Å². The molecular formula is C16H14F2N2O5S. The van der Waals surface area contributed by atoms with Crippen LogP contribution in [0.5, 0.6) is 0 Å². The predicted octanol–water partition coefficient (Wildman–Crippen LogP) is 1.67. The fourth-order valence-corrected chi connectivity index (χ4v) is 2.66. The highest BCUT2D eigenvalue weighted by molar-refractivity contribution is 7.89. The lowest BCUT2D eigenvalue weighted by molar-refractivity contribution is -0.119. The molecule has 0 aromatic heterocycles. The van der Waals surface area contributed by atoms with Gasteiger partial charge in [-0.2, -0.15) is 0 Å². The van der Waals surface area contributed by atoms with Gasteiger partial charge in [0.15, 0.2) is 6.61 Å². The van der Waals surface area contributed by atoms with Gasteiger partial charge < -0.3 is 10.1 Å². The molecule has 10 heteroatoms. The van der Waals surface area contributed by atoms with Crippen molar-refractivity contribution in [3.8, 4) is 0 Å². The molecule has 138 valence electrons. The smallest absolute Gasteiger partial charge is 0.341 e. The van der Waals surface area contributed by atoms with Crippen LogP contribution in [0.15, 0.2) is 47.4 Å². The molecule has 0 atom stereocenters. The monoisotopic (exact) mass is 384 g/mol. The molecular weight excluding hydrogens is 370 g/mol. The normalized spacial score (nSPS) is 11.0. The van der Waals surface area contributed by atoms with Crippen LogP contribution in [0.1, 0.15) is 10.4 Å². The third kappa shape index (κ3) is 4.61. The topological polar surface area (TPSA) is 102 Å². The van der Waals surface area contributed by atoms with E-state index in [9.17, 15) is 26.8 Å². The van der Waals surface area contributed by atoms with Crippen LogP contribution < -0.4 is 10.0 Å². The van der Waals surface area contributed by atoms with Crippen LogP contribution >= 0.6 is 0 Å². The lowest BCUT2D eigenvalue weighted by Gasteiger charge is -2.09. The summed E-state index contributed by atoms with van der Waals surface area (Å²) in [6.45, 7) is -0.810. The highest BCUT2D eigenvalue weighted by Gasteiger charge is 2.20. The number of hydrogen-bond acceptors (Lipinski definition) is 5. The molecule has 2 aromatic rings. The van der Waals surface area contributed by atoms with Gasteiger partial charge in [-0.05, 0) is 37.4 Å². The van der Waals surface area contributed by atoms with E-state index in [1.165, 1.54) is 18.2 Å². The van der Waals surface area contributed by atoms with E-state index in [0.717, 1.165) is 31.3 Å². The highest BCUT2D eigenvalue weighted by atomic mass is 32.2. The van der Waals surface area contributed by atoms with Crippen molar-refractivity contribution in [3.63, 3.8) is 0 Å². The summed E-state index contributed by atoms with van der Waals surface area (Å²) in [5.41, 5.74) is -0.762. The second-order valence-corrected chi connectivity index (χ2v) is 6.84. The number of carbonyl (C=O) groups excluding carboxylic acids is 2. The van der Waals surface area contributed by atoms with Crippen molar-refractivity contribution in [2.45, 2.75) is 4.90 Å². The zero-order chi connectivity index (χ0) is 19.3. The van der Waals surface area contributed by atoms with E-state index in [1.807, 2.05) is 4.72 Å². The zero-order valence-corrected chi connectivity index (χ0v) is 14.3. The molecule has 0 saturated heterocycles. The van der Waals surface area contributed by atoms with E-state index in [0.29, 0.717) is 0 Å². The van der Waals surface area contributed by atoms with Crippen molar-refractivity contribution in [3.05, 3.63) is 59.7 Å². The summed E-state index contributed by atoms with van der Waals surface area (Å²) >= 11 is 0. The zero-order valence-electron chi connectivity index (χ0n) is 13.5. The molecule has 0 unspecified atom stereocenters. The Balaban J connectivity index is 2.07. The Morgan fingerprint density at radius 3 is 2.42 bits per heavy atom. The Kier molecular flexibility index (Phi) is 6.01. The summed E-state index contributed by atoms with van der Waals surface area (Å²) in [5, 5.41) is 2.19. The molecule has 0 bridgehead atoms. The molecule has 7 nitrogen and oxygen atoms in total. The van der Waals surface area contributed by atoms with E-state index in [-0.39, 0.29) is 10.6 Å². The Morgan fingerprint density at radius 2 is 1.77 bits per heavy atom. The van der Waals surface area contributed by atoms with Crippen molar-refractivity contribution in [2.75, 3.05) is 19.0 Å². The van der Waals surface area contributed by atoms with Gasteiger partial charge in [0.1, 0.15) is 11.6 Å². The molecule has 0 fully saturated rings. The first-order chi connectivity index (χ1) is 12.2. The van der Waals surface area contributed by atoms with Gasteiger partial charge in [-0.15, -0.1) is 0 Å². The van der Waals surface area contributed by atoms with Crippen LogP contribution in [0, 0.1) is 11.6 Å². The Bertz CT molecular complexity index is 947. The first kappa shape index (κ1) is 19.5. The Labute approximate surface area is 148 Å². The molecule has 0 spiro atoms. The van der Waals surface area contributed by atoms with Gasteiger partial charge in [0.2, 0.25) is 10.0 Å². The third-order valence-corrected chi connectivity index (χ3v) is 4.63. The number of carbonyl (C=O) groups is 2. The molecule has 0 heterocycles. The van der Waals surface area contributed by atoms with Crippen LogP contribution in [0.4, 0.5) is 14.5 Å². The van der Waals surface area contributed by atoms with Crippen LogP contribution in [0.25, 0.3) is 0 Å². The van der Waals surface area contributed by atoms with Crippen molar-refractivity contribution in [1.29, 1.82) is 0 Å². The number of hydrogen-bond donors (Lipinski definition) is 2. The van der Waals surface area contributed by atoms with Gasteiger partial charge in [-0.1, -0.05) is 12.1 Å². The summed E-state index contributed by atoms with van der Waals surface area (Å²) < 4.78 is 57.3. The quantitative estimate of drug-likeness (QED) is 0.738. The van der Waals surface area contributed by atoms with Gasteiger partial charge >= 0.3 is 5.97 Å². The average Bonchev–Trinajstić information content (AvgIpc) is 2.62. The first-order valence-electron chi connectivity index (χ1n) is 7.19. The summed E-state index contributed by atoms with van der Waals surface area (Å²) in [5.74, 6) is -3.77. The number of ether oxygens (including phenoxy) is 1. The first-order valence-corrected chi connectivity index (χ1v) is 8.67. The minimum Gasteiger partial charge on any atom is -0.452 e. The highest BCUT2D eigenvalue weighted by Crippen LogP contribution is 2.16. The summed E-state index contributed by atoms with van der Waals surface area (Å²) in [6.07, 6.45) is 0. The van der Waals surface area contributed by atoms with Crippen LogP contribution in [0.3, 0.4) is 0 Å². The molecule has 2 N–H and O–H groups in total. The van der Waals surface area contributed by atoms with Crippen molar-refractivity contribution in [2.24, 2.45) is 0 Å². The number of benzene rings is 2. The van der Waals surface area contributed by atoms with E-state index >= 15 is 0 Å². The SMILES string of the molecule is CNS(=O)(=O)c1ccc(F)c(C(=O)OCC(=O)Nc2ccccc2F)c1. The number of amides is 1. The van der Waals surface area contributed by atoms with Crippen molar-refractivity contribution in [1.82, 2.24) is 4.72 Å². The fraction of sp³-hybridized carbons (Fsp3) is 0.125.